The zero-order chi connectivity index (χ0) is 73.2. The molecule has 0 bridgehead atoms. The maximum absolute atomic E-state index is 14.0. The third-order valence-electron chi connectivity index (χ3n) is 12.8. The van der Waals surface area contributed by atoms with Gasteiger partial charge in [0, 0.05) is 25.7 Å². The summed E-state index contributed by atoms with van der Waals surface area (Å²) in [7, 11) is -11.3. The zero-order valence-corrected chi connectivity index (χ0v) is 53.2. The number of aliphatic carboxylic acids is 4. The number of hydrogen-bond donors (Lipinski definition) is 24. The highest BCUT2D eigenvalue weighted by molar-refractivity contribution is 7.46. The predicted molar refractivity (Wildman–Crippen MR) is 315 cm³/mol. The number of aliphatic hydroxyl groups is 2. The number of amides is 12. The molecule has 0 unspecified atom stereocenters. The smallest absolute Gasteiger partial charge is 0.469 e. The summed E-state index contributed by atoms with van der Waals surface area (Å²) in [6.07, 6.45) is -9.14. The number of phosphoric acid groups is 2. The van der Waals surface area contributed by atoms with Gasteiger partial charge in [0.1, 0.15) is 60.4 Å². The first-order valence-corrected chi connectivity index (χ1v) is 31.6. The number of carboxylic acid groups (broad SMARTS) is 4. The van der Waals surface area contributed by atoms with Crippen LogP contribution in [-0.2, 0) is 94.9 Å². The van der Waals surface area contributed by atoms with Gasteiger partial charge in [-0.25, -0.2) is 13.9 Å². The molecular formula is C49H84N14O30P2. The minimum atomic E-state index is -5.67. The Kier molecular flexibility index (Phi) is 39.0. The van der Waals surface area contributed by atoms with Gasteiger partial charge in [-0.05, 0) is 70.8 Å². The lowest BCUT2D eigenvalue weighted by molar-refractivity contribution is -0.143. The fraction of sp³-hybridized carbons (Fsp3) is 0.673. The molecule has 0 heterocycles. The fourth-order valence-electron chi connectivity index (χ4n) is 7.91. The van der Waals surface area contributed by atoms with Gasteiger partial charge in [0.2, 0.25) is 70.9 Å². The molecule has 0 saturated carbocycles. The van der Waals surface area contributed by atoms with E-state index in [1.807, 2.05) is 37.2 Å². The van der Waals surface area contributed by atoms with Crippen molar-refractivity contribution >= 4 is 110 Å². The summed E-state index contributed by atoms with van der Waals surface area (Å²) in [5.41, 5.74) is 21.7. The van der Waals surface area contributed by atoms with E-state index in [9.17, 15) is 131 Å². The van der Waals surface area contributed by atoms with Crippen molar-refractivity contribution in [1.82, 2.24) is 53.2 Å². The lowest BCUT2D eigenvalue weighted by Crippen LogP contribution is -2.63. The first-order chi connectivity index (χ1) is 43.9. The molecule has 0 aliphatic carbocycles. The average molecular weight is 1410 g/mol. The van der Waals surface area contributed by atoms with Crippen LogP contribution in [0.2, 0.25) is 0 Å². The lowest BCUT2D eigenvalue weighted by atomic mass is 10.0. The molecule has 44 nitrogen and oxygen atoms in total. The Morgan fingerprint density at radius 1 is 0.421 bits per heavy atom. The summed E-state index contributed by atoms with van der Waals surface area (Å²) in [5.74, 6) is -23.5. The van der Waals surface area contributed by atoms with Crippen molar-refractivity contribution in [2.45, 2.75) is 177 Å². The Labute approximate surface area is 539 Å². The number of hydrogen-bond acceptors (Lipinski definition) is 24. The number of carbonyl (C=O) groups excluding carboxylic acids is 12. The largest absolute Gasteiger partial charge is 0.481 e. The quantitative estimate of drug-likeness (QED) is 0.0199. The Balaban J connectivity index is 7.21. The van der Waals surface area contributed by atoms with Gasteiger partial charge in [-0.1, -0.05) is 13.8 Å². The molecule has 0 fully saturated rings. The Morgan fingerprint density at radius 2 is 0.768 bits per heavy atom. The molecule has 0 aromatic rings. The summed E-state index contributed by atoms with van der Waals surface area (Å²) in [5, 5.41) is 78.4. The molecule has 0 aliphatic heterocycles. The van der Waals surface area contributed by atoms with Crippen molar-refractivity contribution in [2.75, 3.05) is 26.4 Å². The second-order valence-corrected chi connectivity index (χ2v) is 23.8. The van der Waals surface area contributed by atoms with E-state index in [4.69, 9.17) is 28.0 Å². The fourth-order valence-corrected chi connectivity index (χ4v) is 8.60. The van der Waals surface area contributed by atoms with Crippen LogP contribution in [-0.4, -0.2) is 244 Å². The lowest BCUT2D eigenvalue weighted by Gasteiger charge is -2.29. The second-order valence-electron chi connectivity index (χ2n) is 21.4. The van der Waals surface area contributed by atoms with Crippen LogP contribution in [0, 0.1) is 5.92 Å². The van der Waals surface area contributed by atoms with Gasteiger partial charge in [-0.3, -0.25) is 81.0 Å². The summed E-state index contributed by atoms with van der Waals surface area (Å²) >= 11 is 0. The normalized spacial score (nSPS) is 15.2. The average Bonchev–Trinajstić information content (AvgIpc) is 0.955. The molecule has 0 radical (unpaired) electrons. The van der Waals surface area contributed by atoms with Crippen LogP contribution in [0.15, 0.2) is 0 Å². The molecule has 95 heavy (non-hydrogen) atoms. The molecule has 12 atom stereocenters. The van der Waals surface area contributed by atoms with Crippen molar-refractivity contribution in [1.29, 1.82) is 0 Å². The van der Waals surface area contributed by atoms with Gasteiger partial charge in [-0.15, -0.1) is 0 Å². The molecule has 0 saturated heterocycles. The molecule has 0 aromatic heterocycles. The number of rotatable bonds is 49. The first kappa shape index (κ1) is 86.6. The number of nitrogens with one attached hydrogen (secondary N) is 10. The van der Waals surface area contributed by atoms with E-state index < -0.39 is 266 Å². The van der Waals surface area contributed by atoms with Gasteiger partial charge in [0.05, 0.1) is 38.4 Å². The SMILES string of the molecule is CC(C)C[C@H](NC(=O)[C@H](CCC(N)=O)NC(=O)[C@@H](N)CCC(=O)O)C(=O)N[C@@H](COP(=O)(O)O)C(=O)N[C@H](C(=O)N[C@@H](COP(=O)(O)O)C(=O)N[C@@H](CCC(=O)O)C(=O)N[C@@H](CCC(=O)O)C(=O)N[C@@H](CC(N)=O)C(=O)N[C@@H](CO)C(=O)N[C@@H](CCCCN)C(=O)O)[C@@H](C)O. The number of primary amides is 2. The number of carbonyl (C=O) groups is 16. The van der Waals surface area contributed by atoms with Crippen LogP contribution < -0.4 is 76.1 Å². The van der Waals surface area contributed by atoms with Crippen LogP contribution in [0.1, 0.15) is 104 Å². The zero-order valence-electron chi connectivity index (χ0n) is 51.4. The number of aliphatic hydroxyl groups excluding tert-OH is 2. The minimum Gasteiger partial charge on any atom is -0.481 e. The third kappa shape index (κ3) is 37.3. The molecule has 46 heteroatoms. The molecule has 0 aromatic carbocycles. The molecule has 28 N–H and O–H groups in total. The number of nitrogens with two attached hydrogens (primary N) is 4. The molecule has 0 spiro atoms. The Bertz CT molecular complexity index is 2820. The second kappa shape index (κ2) is 42.8. The minimum absolute atomic E-state index is 0.146. The standard InChI is InChI=1S/C49H84N14O30P2/c1-21(2)16-28(58-41(76)24(8-11-33(52)66)54-39(74)23(51)7-12-35(68)69)43(78)61-32(20-93-95(89,90)91)47(82)63-38(22(3)65)48(83)62-31(19-92-94(86,87)88)46(81)56-25(9-13-36(70)71)40(75)55-26(10-14-37(72)73)42(77)59-29(17-34(53)67)44(79)60-30(18-64)45(80)57-27(49(84)85)6-4-5-15-50/h21-32,38,64-65H,4-20,50-51H2,1-3H3,(H2,52,66)(H2,53,67)(H,54,74)(H,55,75)(H,56,81)(H,57,80)(H,58,76)(H,59,77)(H,60,79)(H,61,78)(H,62,83)(H,63,82)(H,68,69)(H,70,71)(H,72,73)(H,84,85)(H2,86,87,88)(H2,89,90,91)/t22-,23+,24+,25+,26+,27+,28+,29+,30+,31+,32+,38+/m1/s1. The van der Waals surface area contributed by atoms with Crippen molar-refractivity contribution < 1.29 is 145 Å². The van der Waals surface area contributed by atoms with Gasteiger partial charge in [-0.2, -0.15) is 0 Å². The third-order valence-corrected chi connectivity index (χ3v) is 13.8. The monoisotopic (exact) mass is 1410 g/mol. The molecule has 0 rings (SSSR count). The van der Waals surface area contributed by atoms with Gasteiger partial charge in [0.15, 0.2) is 0 Å². The Hall–Kier alpha value is -8.42. The van der Waals surface area contributed by atoms with Gasteiger partial charge >= 0.3 is 39.5 Å². The van der Waals surface area contributed by atoms with Crippen molar-refractivity contribution in [3.8, 4) is 0 Å². The summed E-state index contributed by atoms with van der Waals surface area (Å²) < 4.78 is 32.6. The van der Waals surface area contributed by atoms with Crippen LogP contribution >= 0.6 is 15.6 Å². The van der Waals surface area contributed by atoms with Crippen molar-refractivity contribution in [2.24, 2.45) is 28.9 Å². The maximum Gasteiger partial charge on any atom is 0.469 e. The molecule has 12 amide bonds. The van der Waals surface area contributed by atoms with E-state index in [1.165, 1.54) is 13.8 Å². The Morgan fingerprint density at radius 3 is 1.17 bits per heavy atom. The van der Waals surface area contributed by atoms with E-state index in [-0.39, 0.29) is 25.8 Å². The predicted octanol–water partition coefficient (Wildman–Crippen LogP) is -10.3. The maximum atomic E-state index is 14.0. The van der Waals surface area contributed by atoms with Crippen molar-refractivity contribution in [3.05, 3.63) is 0 Å². The number of unbranched alkanes of at least 4 members (excludes halogenated alkanes) is 1. The summed E-state index contributed by atoms with van der Waals surface area (Å²) in [6, 6.07) is -22.2. The topological polar surface area (TPSA) is 752 Å². The highest BCUT2D eigenvalue weighted by Gasteiger charge is 2.39. The van der Waals surface area contributed by atoms with E-state index in [0.717, 1.165) is 6.92 Å². The van der Waals surface area contributed by atoms with E-state index in [1.54, 1.807) is 0 Å². The van der Waals surface area contributed by atoms with E-state index in [2.05, 4.69) is 25.0 Å². The van der Waals surface area contributed by atoms with E-state index >= 15 is 0 Å². The summed E-state index contributed by atoms with van der Waals surface area (Å²) in [4.78, 5) is 245. The molecular weight excluding hydrogens is 1330 g/mol. The van der Waals surface area contributed by atoms with Crippen LogP contribution in [0.5, 0.6) is 0 Å². The molecule has 0 aliphatic rings. The van der Waals surface area contributed by atoms with Gasteiger partial charge in [0.25, 0.3) is 0 Å². The van der Waals surface area contributed by atoms with Crippen molar-refractivity contribution in [3.63, 3.8) is 0 Å². The van der Waals surface area contributed by atoms with Crippen LogP contribution in [0.3, 0.4) is 0 Å². The van der Waals surface area contributed by atoms with Gasteiger partial charge < -0.3 is 126 Å². The number of carboxylic acids is 4. The first-order valence-electron chi connectivity index (χ1n) is 28.5. The van der Waals surface area contributed by atoms with E-state index in [0.29, 0.717) is 6.42 Å². The van der Waals surface area contributed by atoms with Crippen LogP contribution in [0.25, 0.3) is 0 Å². The highest BCUT2D eigenvalue weighted by atomic mass is 31.2. The highest BCUT2D eigenvalue weighted by Crippen LogP contribution is 2.36. The number of phosphoric ester groups is 2. The summed E-state index contributed by atoms with van der Waals surface area (Å²) in [6.45, 7) is -0.266. The molecule has 540 valence electrons. The van der Waals surface area contributed by atoms with Crippen LogP contribution in [0.4, 0.5) is 0 Å².